The molecule has 0 amide bonds. The van der Waals surface area contributed by atoms with E-state index >= 15 is 0 Å². The highest BCUT2D eigenvalue weighted by Gasteiger charge is 2.17. The summed E-state index contributed by atoms with van der Waals surface area (Å²) < 4.78 is 0. The Balaban J connectivity index is 0.00000231. The normalized spacial score (nSPS) is 12.1. The number of hydrogen-bond acceptors (Lipinski definition) is 3. The summed E-state index contributed by atoms with van der Waals surface area (Å²) >= 11 is 1.65. The molecule has 5 aromatic rings. The Morgan fingerprint density at radius 2 is 1.87 bits per heavy atom. The molecule has 0 bridgehead atoms. The first kappa shape index (κ1) is 21.3. The number of aliphatic imine (C=N–C) groups is 1. The van der Waals surface area contributed by atoms with Gasteiger partial charge in [0.2, 0.25) is 0 Å². The molecule has 0 fully saturated rings. The molecular weight excluding hydrogens is 517 g/mol. The van der Waals surface area contributed by atoms with Crippen molar-refractivity contribution in [1.82, 2.24) is 15.0 Å². The number of thiophene rings is 1. The van der Waals surface area contributed by atoms with Crippen LogP contribution in [0.3, 0.4) is 0 Å². The fourth-order valence-corrected chi connectivity index (χ4v) is 4.13. The predicted molar refractivity (Wildman–Crippen MR) is 141 cm³/mol. The molecule has 3 N–H and O–H groups in total. The summed E-state index contributed by atoms with van der Waals surface area (Å²) in [4.78, 5) is 16.3. The molecule has 0 aliphatic heterocycles. The number of halogens is 1. The number of imidazole rings is 1. The standard InChI is InChI=1S/C24H21N5S.HI/c1-2-7-17(8-3-1)22-15-26-24(29-22)21(27-16-28-23-11-6-12-30-23)13-18-14-25-20-10-5-4-9-19(18)20;/h1-12,14-16,21,25H,13H2,(H,26,29)(H,27,28);1H/t21-;/m1./s1. The number of rotatable bonds is 7. The Hall–Kier alpha value is -2.91. The number of aromatic amines is 2. The highest BCUT2D eigenvalue weighted by atomic mass is 127. The van der Waals surface area contributed by atoms with Gasteiger partial charge in [0.15, 0.2) is 0 Å². The minimum atomic E-state index is -0.130. The van der Waals surface area contributed by atoms with Crippen LogP contribution in [0.15, 0.2) is 89.5 Å². The van der Waals surface area contributed by atoms with Crippen molar-refractivity contribution in [2.45, 2.75) is 12.5 Å². The van der Waals surface area contributed by atoms with Crippen molar-refractivity contribution in [2.75, 3.05) is 5.32 Å². The highest BCUT2D eigenvalue weighted by Crippen LogP contribution is 2.27. The summed E-state index contributed by atoms with van der Waals surface area (Å²) in [6.45, 7) is 0. The number of hydrogen-bond donors (Lipinski definition) is 3. The maximum absolute atomic E-state index is 4.82. The molecule has 0 saturated heterocycles. The van der Waals surface area contributed by atoms with Crippen LogP contribution in [0, 0.1) is 0 Å². The quantitative estimate of drug-likeness (QED) is 0.123. The van der Waals surface area contributed by atoms with Gasteiger partial charge in [-0.05, 0) is 34.7 Å². The lowest BCUT2D eigenvalue weighted by Gasteiger charge is -2.10. The third-order valence-corrected chi connectivity index (χ3v) is 5.87. The summed E-state index contributed by atoms with van der Waals surface area (Å²) in [6.07, 6.45) is 6.47. The van der Waals surface area contributed by atoms with Gasteiger partial charge in [0.25, 0.3) is 0 Å². The lowest BCUT2D eigenvalue weighted by molar-refractivity contribution is 0.686. The molecule has 2 aromatic carbocycles. The molecule has 1 atom stereocenters. The van der Waals surface area contributed by atoms with E-state index in [-0.39, 0.29) is 30.0 Å². The van der Waals surface area contributed by atoms with E-state index in [4.69, 9.17) is 4.99 Å². The summed E-state index contributed by atoms with van der Waals surface area (Å²) in [7, 11) is 0. The van der Waals surface area contributed by atoms with Crippen molar-refractivity contribution >= 4 is 57.6 Å². The van der Waals surface area contributed by atoms with E-state index in [1.165, 1.54) is 10.9 Å². The fourth-order valence-electron chi connectivity index (χ4n) is 3.55. The molecule has 5 nitrogen and oxygen atoms in total. The second-order valence-electron chi connectivity index (χ2n) is 7.03. The van der Waals surface area contributed by atoms with Gasteiger partial charge in [0, 0.05) is 23.5 Å². The largest absolute Gasteiger partial charge is 0.361 e. The first-order valence-electron chi connectivity index (χ1n) is 9.84. The maximum Gasteiger partial charge on any atom is 0.131 e. The molecule has 3 aromatic heterocycles. The van der Waals surface area contributed by atoms with E-state index in [0.717, 1.165) is 34.0 Å². The van der Waals surface area contributed by atoms with Crippen LogP contribution in [0.25, 0.3) is 22.2 Å². The van der Waals surface area contributed by atoms with E-state index < -0.39 is 0 Å². The van der Waals surface area contributed by atoms with Crippen LogP contribution >= 0.6 is 35.3 Å². The zero-order chi connectivity index (χ0) is 20.2. The van der Waals surface area contributed by atoms with Gasteiger partial charge in [0.05, 0.1) is 23.2 Å². The number of para-hydroxylation sites is 1. The smallest absolute Gasteiger partial charge is 0.131 e. The number of H-pyrrole nitrogens is 2. The summed E-state index contributed by atoms with van der Waals surface area (Å²) in [5, 5.41) is 7.58. The van der Waals surface area contributed by atoms with Crippen LogP contribution in [-0.4, -0.2) is 21.3 Å². The zero-order valence-electron chi connectivity index (χ0n) is 16.7. The Morgan fingerprint density at radius 1 is 1.03 bits per heavy atom. The van der Waals surface area contributed by atoms with Crippen LogP contribution in [-0.2, 0) is 6.42 Å². The van der Waals surface area contributed by atoms with Gasteiger partial charge in [-0.3, -0.25) is 4.99 Å². The second-order valence-corrected chi connectivity index (χ2v) is 7.98. The van der Waals surface area contributed by atoms with Gasteiger partial charge in [0.1, 0.15) is 11.9 Å². The maximum atomic E-state index is 4.82. The molecule has 3 heterocycles. The molecular formula is C24H22IN5S. The molecule has 0 spiro atoms. The predicted octanol–water partition coefficient (Wildman–Crippen LogP) is 6.66. The van der Waals surface area contributed by atoms with Gasteiger partial charge >= 0.3 is 0 Å². The number of benzene rings is 2. The molecule has 0 unspecified atom stereocenters. The van der Waals surface area contributed by atoms with Crippen molar-refractivity contribution in [3.63, 3.8) is 0 Å². The van der Waals surface area contributed by atoms with Crippen molar-refractivity contribution in [2.24, 2.45) is 4.99 Å². The second kappa shape index (κ2) is 9.93. The SMILES string of the molecule is C(=N[C@H](Cc1c[nH]c2ccccc12)c1ncc(-c2ccccc2)[nH]1)Nc1cccs1.I. The fraction of sp³-hybridized carbons (Fsp3) is 0.0833. The minimum Gasteiger partial charge on any atom is -0.361 e. The van der Waals surface area contributed by atoms with Crippen molar-refractivity contribution in [3.8, 4) is 11.3 Å². The van der Waals surface area contributed by atoms with Gasteiger partial charge in [-0.2, -0.15) is 0 Å². The Kier molecular flexibility index (Phi) is 6.83. The van der Waals surface area contributed by atoms with Gasteiger partial charge in [-0.25, -0.2) is 4.98 Å². The van der Waals surface area contributed by atoms with Gasteiger partial charge < -0.3 is 15.3 Å². The van der Waals surface area contributed by atoms with Crippen LogP contribution in [0.5, 0.6) is 0 Å². The topological polar surface area (TPSA) is 68.9 Å². The van der Waals surface area contributed by atoms with Crippen LogP contribution in [0.4, 0.5) is 5.00 Å². The minimum absolute atomic E-state index is 0. The van der Waals surface area contributed by atoms with E-state index in [2.05, 4.69) is 56.8 Å². The number of anilines is 1. The zero-order valence-corrected chi connectivity index (χ0v) is 19.8. The number of nitrogens with zero attached hydrogens (tertiary/aromatic N) is 2. The Labute approximate surface area is 201 Å². The van der Waals surface area contributed by atoms with Crippen molar-refractivity contribution in [3.05, 3.63) is 95.9 Å². The Morgan fingerprint density at radius 3 is 2.71 bits per heavy atom. The third kappa shape index (κ3) is 4.88. The average Bonchev–Trinajstić information content (AvgIpc) is 3.55. The van der Waals surface area contributed by atoms with E-state index in [1.54, 1.807) is 17.7 Å². The van der Waals surface area contributed by atoms with Crippen molar-refractivity contribution in [1.29, 1.82) is 0 Å². The number of fused-ring (bicyclic) bond motifs is 1. The van der Waals surface area contributed by atoms with E-state index in [0.29, 0.717) is 0 Å². The summed E-state index contributed by atoms with van der Waals surface area (Å²) in [5.41, 5.74) is 4.47. The average molecular weight is 539 g/mol. The molecule has 0 saturated carbocycles. The molecule has 31 heavy (non-hydrogen) atoms. The van der Waals surface area contributed by atoms with Gasteiger partial charge in [-0.1, -0.05) is 48.5 Å². The molecule has 156 valence electrons. The molecule has 7 heteroatoms. The molecule has 0 aliphatic rings. The summed E-state index contributed by atoms with van der Waals surface area (Å²) in [6, 6.07) is 22.5. The Bertz CT molecular complexity index is 1260. The molecule has 0 radical (unpaired) electrons. The first-order valence-corrected chi connectivity index (χ1v) is 10.7. The molecule has 5 rings (SSSR count). The van der Waals surface area contributed by atoms with Crippen LogP contribution in [0.1, 0.15) is 17.4 Å². The third-order valence-electron chi connectivity index (χ3n) is 5.07. The number of nitrogens with one attached hydrogen (secondary N) is 3. The van der Waals surface area contributed by atoms with Crippen LogP contribution in [0.2, 0.25) is 0 Å². The monoisotopic (exact) mass is 539 g/mol. The highest BCUT2D eigenvalue weighted by molar-refractivity contribution is 14.0. The lowest BCUT2D eigenvalue weighted by Crippen LogP contribution is -2.05. The van der Waals surface area contributed by atoms with E-state index in [9.17, 15) is 0 Å². The summed E-state index contributed by atoms with van der Waals surface area (Å²) in [5.74, 6) is 0.850. The molecule has 0 aliphatic carbocycles. The van der Waals surface area contributed by atoms with Gasteiger partial charge in [-0.15, -0.1) is 35.3 Å². The first-order chi connectivity index (χ1) is 14.9. The lowest BCUT2D eigenvalue weighted by atomic mass is 10.0. The van der Waals surface area contributed by atoms with E-state index in [1.807, 2.05) is 48.0 Å². The number of aromatic nitrogens is 3. The van der Waals surface area contributed by atoms with Crippen LogP contribution < -0.4 is 5.32 Å². The van der Waals surface area contributed by atoms with Crippen molar-refractivity contribution < 1.29 is 0 Å².